The van der Waals surface area contributed by atoms with Crippen LogP contribution in [0.4, 0.5) is 5.13 Å². The molecule has 3 aromatic carbocycles. The fourth-order valence-electron chi connectivity index (χ4n) is 4.50. The van der Waals surface area contributed by atoms with Gasteiger partial charge in [0, 0.05) is 37.1 Å². The summed E-state index contributed by atoms with van der Waals surface area (Å²) >= 11 is 1.46. The molecule has 0 unspecified atom stereocenters. The van der Waals surface area contributed by atoms with Gasteiger partial charge in [0.1, 0.15) is 0 Å². The summed E-state index contributed by atoms with van der Waals surface area (Å²) in [6.45, 7) is 3.93. The Balaban J connectivity index is 1.18. The van der Waals surface area contributed by atoms with Crippen molar-refractivity contribution in [1.29, 1.82) is 0 Å². The minimum absolute atomic E-state index is 0.00918. The predicted octanol–water partition coefficient (Wildman–Crippen LogP) is 5.16. The molecule has 1 aromatic heterocycles. The van der Waals surface area contributed by atoms with Crippen LogP contribution >= 0.6 is 11.3 Å². The van der Waals surface area contributed by atoms with Gasteiger partial charge < -0.3 is 5.32 Å². The predicted molar refractivity (Wildman–Crippen MR) is 139 cm³/mol. The number of nitrogens with one attached hydrogen (secondary N) is 1. The van der Waals surface area contributed by atoms with Crippen LogP contribution in [0.5, 0.6) is 0 Å². The van der Waals surface area contributed by atoms with Crippen LogP contribution in [0.15, 0.2) is 96.4 Å². The van der Waals surface area contributed by atoms with E-state index in [-0.39, 0.29) is 11.9 Å². The van der Waals surface area contributed by atoms with Gasteiger partial charge in [-0.15, -0.1) is 11.3 Å². The quantitative estimate of drug-likeness (QED) is 0.407. The highest BCUT2D eigenvalue weighted by Crippen LogP contribution is 2.29. The summed E-state index contributed by atoms with van der Waals surface area (Å²) < 4.78 is 0. The molecule has 1 N–H and O–H groups in total. The van der Waals surface area contributed by atoms with Gasteiger partial charge in [-0.1, -0.05) is 91.0 Å². The number of thiazole rings is 1. The van der Waals surface area contributed by atoms with Gasteiger partial charge in [-0.25, -0.2) is 4.98 Å². The third-order valence-corrected chi connectivity index (χ3v) is 6.95. The number of piperazine rings is 1. The molecule has 5 rings (SSSR count). The number of hydrogen-bond acceptors (Lipinski definition) is 5. The van der Waals surface area contributed by atoms with Crippen LogP contribution < -0.4 is 5.32 Å². The van der Waals surface area contributed by atoms with Gasteiger partial charge in [0.15, 0.2) is 5.13 Å². The number of benzene rings is 3. The van der Waals surface area contributed by atoms with Crippen molar-refractivity contribution in [3.63, 3.8) is 0 Å². The molecule has 1 aliphatic rings. The summed E-state index contributed by atoms with van der Waals surface area (Å²) in [6.07, 6.45) is 0. The van der Waals surface area contributed by atoms with Crippen molar-refractivity contribution in [2.75, 3.05) is 38.0 Å². The highest BCUT2D eigenvalue weighted by atomic mass is 32.1. The zero-order valence-corrected chi connectivity index (χ0v) is 19.8. The van der Waals surface area contributed by atoms with Crippen molar-refractivity contribution in [2.45, 2.75) is 6.04 Å². The molecule has 1 saturated heterocycles. The lowest BCUT2D eigenvalue weighted by Gasteiger charge is -2.39. The van der Waals surface area contributed by atoms with Crippen molar-refractivity contribution >= 4 is 22.4 Å². The normalized spacial score (nSPS) is 14.9. The molecular formula is C28H28N4OS. The van der Waals surface area contributed by atoms with Crippen LogP contribution in [0.1, 0.15) is 17.2 Å². The van der Waals surface area contributed by atoms with Crippen LogP contribution in [0.2, 0.25) is 0 Å². The minimum Gasteiger partial charge on any atom is -0.301 e. The topological polar surface area (TPSA) is 48.5 Å². The summed E-state index contributed by atoms with van der Waals surface area (Å²) in [7, 11) is 0. The first-order chi connectivity index (χ1) is 16.8. The Morgan fingerprint density at radius 1 is 0.824 bits per heavy atom. The van der Waals surface area contributed by atoms with E-state index in [1.165, 1.54) is 22.5 Å². The molecule has 34 heavy (non-hydrogen) atoms. The Labute approximate surface area is 204 Å². The second-order valence-corrected chi connectivity index (χ2v) is 9.35. The molecule has 172 valence electrons. The highest BCUT2D eigenvalue weighted by Gasteiger charge is 2.27. The number of nitrogens with zero attached hydrogens (tertiary/aromatic N) is 3. The van der Waals surface area contributed by atoms with E-state index in [2.05, 4.69) is 80.8 Å². The number of carbonyl (C=O) groups is 1. The van der Waals surface area contributed by atoms with E-state index in [1.807, 2.05) is 35.7 Å². The average molecular weight is 469 g/mol. The Hall–Kier alpha value is -3.32. The van der Waals surface area contributed by atoms with Crippen LogP contribution in [0, 0.1) is 0 Å². The molecule has 6 heteroatoms. The SMILES string of the molecule is O=C(CN1CCN(C(c2ccccc2)c2ccccc2)CC1)Nc1nc(-c2ccccc2)cs1. The second-order valence-electron chi connectivity index (χ2n) is 8.49. The van der Waals surface area contributed by atoms with Gasteiger partial charge in [-0.2, -0.15) is 0 Å². The molecule has 0 bridgehead atoms. The van der Waals surface area contributed by atoms with Gasteiger partial charge >= 0.3 is 0 Å². The van der Waals surface area contributed by atoms with E-state index in [0.717, 1.165) is 37.4 Å². The monoisotopic (exact) mass is 468 g/mol. The van der Waals surface area contributed by atoms with E-state index in [4.69, 9.17) is 0 Å². The summed E-state index contributed by atoms with van der Waals surface area (Å²) in [5.41, 5.74) is 4.56. The maximum atomic E-state index is 12.7. The first-order valence-electron chi connectivity index (χ1n) is 11.6. The summed E-state index contributed by atoms with van der Waals surface area (Å²) in [4.78, 5) is 22.0. The van der Waals surface area contributed by atoms with Crippen LogP contribution in [0.25, 0.3) is 11.3 Å². The molecule has 4 aromatic rings. The van der Waals surface area contributed by atoms with Crippen LogP contribution in [0.3, 0.4) is 0 Å². The van der Waals surface area contributed by atoms with E-state index in [1.54, 1.807) is 0 Å². The lowest BCUT2D eigenvalue weighted by molar-refractivity contribution is -0.117. The molecule has 1 fully saturated rings. The van der Waals surface area contributed by atoms with Crippen molar-refractivity contribution in [3.8, 4) is 11.3 Å². The first-order valence-corrected chi connectivity index (χ1v) is 12.5. The molecule has 1 amide bonds. The zero-order valence-electron chi connectivity index (χ0n) is 19.0. The maximum absolute atomic E-state index is 12.7. The van der Waals surface area contributed by atoms with E-state index in [9.17, 15) is 4.79 Å². The van der Waals surface area contributed by atoms with Crippen molar-refractivity contribution < 1.29 is 4.79 Å². The number of hydrogen-bond donors (Lipinski definition) is 1. The number of carbonyl (C=O) groups excluding carboxylic acids is 1. The molecule has 2 heterocycles. The van der Waals surface area contributed by atoms with Gasteiger partial charge in [-0.05, 0) is 11.1 Å². The first kappa shape index (κ1) is 22.5. The lowest BCUT2D eigenvalue weighted by atomic mass is 9.96. The highest BCUT2D eigenvalue weighted by molar-refractivity contribution is 7.14. The van der Waals surface area contributed by atoms with Crippen molar-refractivity contribution in [1.82, 2.24) is 14.8 Å². The number of anilines is 1. The van der Waals surface area contributed by atoms with Gasteiger partial charge in [-0.3, -0.25) is 14.6 Å². The molecule has 0 atom stereocenters. The second kappa shape index (κ2) is 10.7. The molecule has 0 radical (unpaired) electrons. The van der Waals surface area contributed by atoms with Gasteiger partial charge in [0.2, 0.25) is 5.91 Å². The molecule has 0 saturated carbocycles. The molecule has 0 aliphatic carbocycles. The van der Waals surface area contributed by atoms with Gasteiger partial charge in [0.05, 0.1) is 18.3 Å². The van der Waals surface area contributed by atoms with Crippen molar-refractivity contribution in [3.05, 3.63) is 108 Å². The molecule has 0 spiro atoms. The molecular weight excluding hydrogens is 440 g/mol. The third-order valence-electron chi connectivity index (χ3n) is 6.19. The smallest absolute Gasteiger partial charge is 0.240 e. The van der Waals surface area contributed by atoms with Crippen LogP contribution in [-0.4, -0.2) is 53.4 Å². The maximum Gasteiger partial charge on any atom is 0.240 e. The van der Waals surface area contributed by atoms with Crippen molar-refractivity contribution in [2.24, 2.45) is 0 Å². The Kier molecular flexibility index (Phi) is 7.10. The average Bonchev–Trinajstić information content (AvgIpc) is 3.35. The number of amides is 1. The number of aromatic nitrogens is 1. The fraction of sp³-hybridized carbons (Fsp3) is 0.214. The zero-order chi connectivity index (χ0) is 23.2. The van der Waals surface area contributed by atoms with Gasteiger partial charge in [0.25, 0.3) is 0 Å². The Bertz CT molecular complexity index is 1150. The van der Waals surface area contributed by atoms with E-state index < -0.39 is 0 Å². The van der Waals surface area contributed by atoms with E-state index in [0.29, 0.717) is 11.7 Å². The standard InChI is InChI=1S/C28H28N4OS/c33-26(30-28-29-25(21-34-28)22-10-4-1-5-11-22)20-31-16-18-32(19-17-31)27(23-12-6-2-7-13-23)24-14-8-3-9-15-24/h1-15,21,27H,16-20H2,(H,29,30,33). The number of rotatable bonds is 7. The van der Waals surface area contributed by atoms with E-state index >= 15 is 0 Å². The Morgan fingerprint density at radius 3 is 1.97 bits per heavy atom. The third kappa shape index (κ3) is 5.42. The Morgan fingerprint density at radius 2 is 1.38 bits per heavy atom. The summed E-state index contributed by atoms with van der Waals surface area (Å²) in [5, 5.41) is 5.61. The fourth-order valence-corrected chi connectivity index (χ4v) is 5.23. The van der Waals surface area contributed by atoms with Crippen LogP contribution in [-0.2, 0) is 4.79 Å². The summed E-state index contributed by atoms with van der Waals surface area (Å²) in [6, 6.07) is 31.6. The molecule has 5 nitrogen and oxygen atoms in total. The minimum atomic E-state index is -0.00918. The largest absolute Gasteiger partial charge is 0.301 e. The lowest BCUT2D eigenvalue weighted by Crippen LogP contribution is -2.49. The molecule has 1 aliphatic heterocycles. The summed E-state index contributed by atoms with van der Waals surface area (Å²) in [5.74, 6) is -0.00918.